The van der Waals surface area contributed by atoms with E-state index in [0.717, 1.165) is 25.7 Å². The van der Waals surface area contributed by atoms with E-state index in [-0.39, 0.29) is 6.61 Å². The van der Waals surface area contributed by atoms with Crippen molar-refractivity contribution in [1.29, 1.82) is 0 Å². The third kappa shape index (κ3) is 3.91. The highest BCUT2D eigenvalue weighted by Crippen LogP contribution is 2.42. The summed E-state index contributed by atoms with van der Waals surface area (Å²) >= 11 is 0. The van der Waals surface area contributed by atoms with E-state index < -0.39 is 29.2 Å². The van der Waals surface area contributed by atoms with Crippen molar-refractivity contribution in [2.75, 3.05) is 27.9 Å². The Balaban J connectivity index is 3.03. The molecule has 1 fully saturated rings. The zero-order valence-electron chi connectivity index (χ0n) is 15.7. The molecule has 1 aliphatic heterocycles. The van der Waals surface area contributed by atoms with Crippen LogP contribution in [0.4, 0.5) is 0 Å². The molecule has 1 aliphatic rings. The van der Waals surface area contributed by atoms with E-state index in [1.165, 1.54) is 21.3 Å². The summed E-state index contributed by atoms with van der Waals surface area (Å²) in [6, 6.07) is 0. The fourth-order valence-electron chi connectivity index (χ4n) is 2.89. The monoisotopic (exact) mass is 348 g/mol. The Kier molecular flexibility index (Phi) is 7.62. The normalized spacial score (nSPS) is 34.8. The smallest absolute Gasteiger partial charge is 0.343 e. The van der Waals surface area contributed by atoms with Gasteiger partial charge in [-0.15, -0.1) is 0 Å². The molecule has 1 N–H and O–H groups in total. The average Bonchev–Trinajstić information content (AvgIpc) is 2.60. The van der Waals surface area contributed by atoms with Gasteiger partial charge in [-0.1, -0.05) is 32.6 Å². The van der Waals surface area contributed by atoms with Gasteiger partial charge >= 0.3 is 5.97 Å². The first-order valence-corrected chi connectivity index (χ1v) is 8.46. The number of hydrogen-bond acceptors (Lipinski definition) is 7. The average molecular weight is 348 g/mol. The molecular formula is C17H32O7. The van der Waals surface area contributed by atoms with Crippen LogP contribution in [0.25, 0.3) is 0 Å². The molecule has 0 spiro atoms. The second kappa shape index (κ2) is 8.58. The summed E-state index contributed by atoms with van der Waals surface area (Å²) in [6.07, 6.45) is 3.25. The summed E-state index contributed by atoms with van der Waals surface area (Å²) in [5.41, 5.74) is -1.65. The van der Waals surface area contributed by atoms with Crippen molar-refractivity contribution in [2.24, 2.45) is 0 Å². The van der Waals surface area contributed by atoms with Gasteiger partial charge in [0, 0.05) is 14.2 Å². The van der Waals surface area contributed by atoms with Crippen LogP contribution in [0.5, 0.6) is 0 Å². The second-order valence-corrected chi connectivity index (χ2v) is 6.44. The van der Waals surface area contributed by atoms with Crippen LogP contribution < -0.4 is 0 Å². The SMILES string of the molecule is CCCCCC[C@@H](O)[C@@]1(C(=O)OC)CO[C@@](C)(OC)[C@](C)(OC)O1. The minimum Gasteiger partial charge on any atom is -0.467 e. The predicted molar refractivity (Wildman–Crippen MR) is 87.4 cm³/mol. The third-order valence-corrected chi connectivity index (χ3v) is 4.94. The van der Waals surface area contributed by atoms with Crippen molar-refractivity contribution in [2.45, 2.75) is 76.2 Å². The van der Waals surface area contributed by atoms with Gasteiger partial charge in [-0.2, -0.15) is 0 Å². The van der Waals surface area contributed by atoms with Gasteiger partial charge in [0.05, 0.1) is 19.8 Å². The zero-order chi connectivity index (χ0) is 18.4. The minimum absolute atomic E-state index is 0.183. The molecule has 1 saturated heterocycles. The first kappa shape index (κ1) is 21.3. The molecule has 24 heavy (non-hydrogen) atoms. The summed E-state index contributed by atoms with van der Waals surface area (Å²) in [5.74, 6) is -3.30. The van der Waals surface area contributed by atoms with Crippen LogP contribution in [0, 0.1) is 0 Å². The third-order valence-electron chi connectivity index (χ3n) is 4.94. The molecule has 0 saturated carbocycles. The highest BCUT2D eigenvalue weighted by molar-refractivity contribution is 5.81. The molecule has 1 heterocycles. The molecule has 7 nitrogen and oxygen atoms in total. The van der Waals surface area contributed by atoms with Crippen LogP contribution in [0.2, 0.25) is 0 Å². The van der Waals surface area contributed by atoms with E-state index in [9.17, 15) is 9.90 Å². The summed E-state index contributed by atoms with van der Waals surface area (Å²) in [6.45, 7) is 5.19. The molecule has 0 bridgehead atoms. The molecule has 0 aromatic rings. The number of rotatable bonds is 9. The lowest BCUT2D eigenvalue weighted by atomic mass is 9.89. The van der Waals surface area contributed by atoms with Crippen LogP contribution in [0.1, 0.15) is 52.9 Å². The summed E-state index contributed by atoms with van der Waals surface area (Å²) in [5, 5.41) is 10.7. The van der Waals surface area contributed by atoms with Crippen LogP contribution >= 0.6 is 0 Å². The van der Waals surface area contributed by atoms with Crippen LogP contribution in [0.15, 0.2) is 0 Å². The van der Waals surface area contributed by atoms with Gasteiger partial charge in [0.2, 0.25) is 17.2 Å². The first-order valence-electron chi connectivity index (χ1n) is 8.46. The summed E-state index contributed by atoms with van der Waals surface area (Å²) in [7, 11) is 4.15. The van der Waals surface area contributed by atoms with Gasteiger partial charge in [-0.25, -0.2) is 4.79 Å². The quantitative estimate of drug-likeness (QED) is 0.504. The maximum atomic E-state index is 12.4. The molecule has 0 aromatic carbocycles. The number of methoxy groups -OCH3 is 3. The Hall–Kier alpha value is -0.730. The van der Waals surface area contributed by atoms with Crippen molar-refractivity contribution in [3.05, 3.63) is 0 Å². The minimum atomic E-state index is -1.65. The van der Waals surface area contributed by atoms with Crippen LogP contribution in [0.3, 0.4) is 0 Å². The Morgan fingerprint density at radius 3 is 2.25 bits per heavy atom. The maximum absolute atomic E-state index is 12.4. The topological polar surface area (TPSA) is 83.5 Å². The fraction of sp³-hybridized carbons (Fsp3) is 0.941. The number of ether oxygens (including phenoxy) is 5. The summed E-state index contributed by atoms with van der Waals surface area (Å²) < 4.78 is 27.5. The van der Waals surface area contributed by atoms with Crippen molar-refractivity contribution >= 4 is 5.97 Å². The molecule has 0 amide bonds. The first-order chi connectivity index (χ1) is 11.2. The van der Waals surface area contributed by atoms with E-state index in [2.05, 4.69) is 6.92 Å². The van der Waals surface area contributed by atoms with E-state index in [4.69, 9.17) is 23.7 Å². The molecule has 0 unspecified atom stereocenters. The van der Waals surface area contributed by atoms with Crippen LogP contribution in [-0.2, 0) is 28.5 Å². The highest BCUT2D eigenvalue weighted by Gasteiger charge is 2.63. The molecule has 7 heteroatoms. The number of carbonyl (C=O) groups excluding carboxylic acids is 1. The van der Waals surface area contributed by atoms with Gasteiger partial charge in [0.15, 0.2) is 0 Å². The number of aliphatic hydroxyl groups is 1. The van der Waals surface area contributed by atoms with Crippen molar-refractivity contribution in [3.63, 3.8) is 0 Å². The van der Waals surface area contributed by atoms with Crippen LogP contribution in [-0.4, -0.2) is 62.3 Å². The number of hydrogen-bond donors (Lipinski definition) is 1. The van der Waals surface area contributed by atoms with Gasteiger partial charge in [0.1, 0.15) is 0 Å². The Morgan fingerprint density at radius 1 is 1.12 bits per heavy atom. The largest absolute Gasteiger partial charge is 0.467 e. The van der Waals surface area contributed by atoms with Gasteiger partial charge < -0.3 is 28.8 Å². The van der Waals surface area contributed by atoms with Gasteiger partial charge in [-0.05, 0) is 20.3 Å². The standard InChI is InChI=1S/C17H32O7/c1-7-8-9-10-11-13(18)17(14(19)20-4)12-23-15(2,21-5)16(3,22-6)24-17/h13,18H,7-12H2,1-6H3/t13-,15-,16-,17-/m1/s1. The molecule has 1 rings (SSSR count). The molecule has 0 aliphatic carbocycles. The van der Waals surface area contributed by atoms with Crippen molar-refractivity contribution in [1.82, 2.24) is 0 Å². The maximum Gasteiger partial charge on any atom is 0.343 e. The number of carbonyl (C=O) groups is 1. The zero-order valence-corrected chi connectivity index (χ0v) is 15.7. The highest BCUT2D eigenvalue weighted by atomic mass is 16.8. The number of unbranched alkanes of at least 4 members (excludes halogenated alkanes) is 3. The number of aliphatic hydroxyl groups excluding tert-OH is 1. The van der Waals surface area contributed by atoms with Crippen molar-refractivity contribution in [3.8, 4) is 0 Å². The van der Waals surface area contributed by atoms with E-state index >= 15 is 0 Å². The lowest BCUT2D eigenvalue weighted by Crippen LogP contribution is -2.71. The van der Waals surface area contributed by atoms with E-state index in [0.29, 0.717) is 6.42 Å². The number of esters is 1. The fourth-order valence-corrected chi connectivity index (χ4v) is 2.89. The molecule has 0 radical (unpaired) electrons. The molecule has 0 aromatic heterocycles. The molecular weight excluding hydrogens is 316 g/mol. The van der Waals surface area contributed by atoms with Gasteiger partial charge in [-0.3, -0.25) is 0 Å². The molecule has 4 atom stereocenters. The Morgan fingerprint density at radius 2 is 1.75 bits per heavy atom. The summed E-state index contributed by atoms with van der Waals surface area (Å²) in [4.78, 5) is 12.4. The Bertz CT molecular complexity index is 416. The van der Waals surface area contributed by atoms with E-state index in [1.807, 2.05) is 0 Å². The molecule has 142 valence electrons. The van der Waals surface area contributed by atoms with E-state index in [1.54, 1.807) is 13.8 Å². The Labute approximate surface area is 144 Å². The lowest BCUT2D eigenvalue weighted by Gasteiger charge is -2.53. The van der Waals surface area contributed by atoms with Crippen molar-refractivity contribution < 1.29 is 33.6 Å². The predicted octanol–water partition coefficient (Wildman–Crippen LogP) is 2.00. The second-order valence-electron chi connectivity index (χ2n) is 6.44. The lowest BCUT2D eigenvalue weighted by molar-refractivity contribution is -0.453. The van der Waals surface area contributed by atoms with Gasteiger partial charge in [0.25, 0.3) is 0 Å².